The molecule has 2 aromatic heterocycles. The Labute approximate surface area is 160 Å². The highest BCUT2D eigenvalue weighted by Crippen LogP contribution is 2.37. The van der Waals surface area contributed by atoms with E-state index in [1.807, 2.05) is 54.0 Å². The molecular weight excluding hydrogens is 360 g/mol. The normalized spacial score (nSPS) is 11.0. The molecule has 1 N–H and O–H groups in total. The first-order valence-electron chi connectivity index (χ1n) is 8.51. The Morgan fingerprint density at radius 1 is 1.22 bits per heavy atom. The number of fused-ring (bicyclic) bond motifs is 1. The molecule has 0 aliphatic carbocycles. The van der Waals surface area contributed by atoms with E-state index in [2.05, 4.69) is 17.1 Å². The Bertz CT molecular complexity index is 1130. The van der Waals surface area contributed by atoms with Crippen LogP contribution in [0.15, 0.2) is 54.0 Å². The Morgan fingerprint density at radius 2 is 2.00 bits per heavy atom. The minimum absolute atomic E-state index is 0.0410. The number of aromatic carboxylic acids is 1. The fourth-order valence-electron chi connectivity index (χ4n) is 3.15. The van der Waals surface area contributed by atoms with Crippen molar-refractivity contribution in [2.45, 2.75) is 20.5 Å². The first-order valence-corrected chi connectivity index (χ1v) is 9.39. The van der Waals surface area contributed by atoms with E-state index >= 15 is 0 Å². The van der Waals surface area contributed by atoms with Crippen LogP contribution in [0.3, 0.4) is 0 Å². The average molecular weight is 378 g/mol. The van der Waals surface area contributed by atoms with Gasteiger partial charge < -0.3 is 9.84 Å². The molecule has 0 radical (unpaired) electrons. The van der Waals surface area contributed by atoms with Gasteiger partial charge in [0.05, 0.1) is 5.69 Å². The van der Waals surface area contributed by atoms with E-state index in [1.165, 1.54) is 11.3 Å². The van der Waals surface area contributed by atoms with Crippen molar-refractivity contribution < 1.29 is 14.6 Å². The summed E-state index contributed by atoms with van der Waals surface area (Å²) >= 11 is 1.41. The third-order valence-electron chi connectivity index (χ3n) is 4.35. The van der Waals surface area contributed by atoms with Crippen LogP contribution in [-0.2, 0) is 6.61 Å². The molecule has 0 saturated carbocycles. The molecule has 6 heteroatoms. The second-order valence-corrected chi connectivity index (χ2v) is 7.27. The number of carboxylic acids is 1. The molecule has 0 bridgehead atoms. The van der Waals surface area contributed by atoms with Gasteiger partial charge in [0.15, 0.2) is 10.7 Å². The number of aryl methyl sites for hydroxylation is 2. The molecule has 0 saturated heterocycles. The van der Waals surface area contributed by atoms with Crippen molar-refractivity contribution >= 4 is 22.3 Å². The number of rotatable bonds is 5. The van der Waals surface area contributed by atoms with E-state index in [0.717, 1.165) is 33.7 Å². The zero-order valence-electron chi connectivity index (χ0n) is 15.0. The maximum atomic E-state index is 11.3. The van der Waals surface area contributed by atoms with Gasteiger partial charge in [0.25, 0.3) is 0 Å². The molecule has 0 fully saturated rings. The molecular formula is C21H18N2O3S. The molecule has 4 rings (SSSR count). The van der Waals surface area contributed by atoms with Crippen LogP contribution in [0.25, 0.3) is 16.2 Å². The maximum absolute atomic E-state index is 11.3. The number of benzene rings is 2. The van der Waals surface area contributed by atoms with Crippen LogP contribution in [0.5, 0.6) is 5.75 Å². The molecule has 136 valence electrons. The number of ether oxygens (including phenoxy) is 1. The zero-order chi connectivity index (χ0) is 19.0. The zero-order valence-corrected chi connectivity index (χ0v) is 15.8. The van der Waals surface area contributed by atoms with E-state index < -0.39 is 5.97 Å². The van der Waals surface area contributed by atoms with Crippen molar-refractivity contribution in [2.24, 2.45) is 0 Å². The highest BCUT2D eigenvalue weighted by Gasteiger charge is 2.18. The van der Waals surface area contributed by atoms with Crippen LogP contribution in [-0.4, -0.2) is 20.5 Å². The summed E-state index contributed by atoms with van der Waals surface area (Å²) in [4.78, 5) is 16.1. The molecule has 2 aromatic carbocycles. The fraction of sp³-hybridized carbons (Fsp3) is 0.143. The van der Waals surface area contributed by atoms with Gasteiger partial charge in [-0.2, -0.15) is 0 Å². The lowest BCUT2D eigenvalue weighted by Crippen LogP contribution is -2.00. The first-order chi connectivity index (χ1) is 13.0. The number of hydrogen-bond acceptors (Lipinski definition) is 4. The number of carboxylic acid groups (broad SMARTS) is 1. The van der Waals surface area contributed by atoms with Crippen molar-refractivity contribution in [3.63, 3.8) is 0 Å². The summed E-state index contributed by atoms with van der Waals surface area (Å²) in [6.07, 6.45) is 1.56. The van der Waals surface area contributed by atoms with Gasteiger partial charge in [0.1, 0.15) is 12.4 Å². The van der Waals surface area contributed by atoms with Gasteiger partial charge in [-0.15, -0.1) is 11.3 Å². The second kappa shape index (κ2) is 6.89. The average Bonchev–Trinajstić information content (AvgIpc) is 3.22. The van der Waals surface area contributed by atoms with Crippen LogP contribution in [0.2, 0.25) is 0 Å². The molecule has 0 spiro atoms. The number of carbonyl (C=O) groups is 1. The lowest BCUT2D eigenvalue weighted by atomic mass is 10.0. The Balaban J connectivity index is 1.79. The third kappa shape index (κ3) is 3.31. The summed E-state index contributed by atoms with van der Waals surface area (Å²) < 4.78 is 8.01. The molecule has 0 unspecified atom stereocenters. The molecule has 5 nitrogen and oxygen atoms in total. The van der Waals surface area contributed by atoms with Gasteiger partial charge >= 0.3 is 5.97 Å². The van der Waals surface area contributed by atoms with E-state index in [0.29, 0.717) is 11.6 Å². The summed E-state index contributed by atoms with van der Waals surface area (Å²) in [5.41, 5.74) is 5.11. The van der Waals surface area contributed by atoms with Gasteiger partial charge in [-0.05, 0) is 36.6 Å². The molecule has 0 aliphatic heterocycles. The van der Waals surface area contributed by atoms with Crippen molar-refractivity contribution in [3.05, 3.63) is 76.4 Å². The largest absolute Gasteiger partial charge is 0.488 e. The van der Waals surface area contributed by atoms with E-state index in [9.17, 15) is 9.90 Å². The Hall–Kier alpha value is -3.12. The topological polar surface area (TPSA) is 63.8 Å². The number of hydrogen-bond donors (Lipinski definition) is 1. The smallest absolute Gasteiger partial charge is 0.356 e. The summed E-state index contributed by atoms with van der Waals surface area (Å²) in [6.45, 7) is 4.53. The highest BCUT2D eigenvalue weighted by atomic mass is 32.1. The Kier molecular flexibility index (Phi) is 4.41. The molecule has 2 heterocycles. The van der Waals surface area contributed by atoms with Gasteiger partial charge in [0.2, 0.25) is 0 Å². The standard InChI is InChI=1S/C21H18N2O3S/c1-13-8-14(2)19(26-11-15-6-4-3-5-7-15)16(9-13)18-12-27-21-22-17(20(24)25)10-23(18)21/h3-10,12H,11H2,1-2H3,(H,24,25). The van der Waals surface area contributed by atoms with Crippen molar-refractivity contribution in [1.29, 1.82) is 0 Å². The number of aromatic nitrogens is 2. The number of imidazole rings is 1. The number of nitrogens with zero attached hydrogens (tertiary/aromatic N) is 2. The summed E-state index contributed by atoms with van der Waals surface area (Å²) in [5, 5.41) is 11.2. The summed E-state index contributed by atoms with van der Waals surface area (Å²) in [5.74, 6) is -0.229. The van der Waals surface area contributed by atoms with Gasteiger partial charge in [-0.25, -0.2) is 9.78 Å². The highest BCUT2D eigenvalue weighted by molar-refractivity contribution is 7.15. The van der Waals surface area contributed by atoms with Crippen molar-refractivity contribution in [1.82, 2.24) is 9.38 Å². The van der Waals surface area contributed by atoms with Crippen LogP contribution in [0.1, 0.15) is 27.2 Å². The monoisotopic (exact) mass is 378 g/mol. The summed E-state index contributed by atoms with van der Waals surface area (Å²) in [6, 6.07) is 14.2. The minimum atomic E-state index is -1.03. The minimum Gasteiger partial charge on any atom is -0.488 e. The van der Waals surface area contributed by atoms with E-state index in [4.69, 9.17) is 4.74 Å². The lowest BCUT2D eigenvalue weighted by molar-refractivity contribution is 0.0691. The quantitative estimate of drug-likeness (QED) is 0.533. The van der Waals surface area contributed by atoms with Crippen LogP contribution in [0, 0.1) is 13.8 Å². The predicted octanol–water partition coefficient (Wildman–Crippen LogP) is 4.96. The fourth-order valence-corrected chi connectivity index (χ4v) is 4.02. The third-order valence-corrected chi connectivity index (χ3v) is 5.19. The first kappa shape index (κ1) is 17.3. The van der Waals surface area contributed by atoms with Crippen LogP contribution < -0.4 is 4.74 Å². The van der Waals surface area contributed by atoms with Gasteiger partial charge in [0, 0.05) is 17.1 Å². The second-order valence-electron chi connectivity index (χ2n) is 6.44. The van der Waals surface area contributed by atoms with Crippen molar-refractivity contribution in [3.8, 4) is 17.0 Å². The van der Waals surface area contributed by atoms with Gasteiger partial charge in [-0.3, -0.25) is 4.40 Å². The molecule has 0 aliphatic rings. The number of thiazole rings is 1. The Morgan fingerprint density at radius 3 is 2.74 bits per heavy atom. The SMILES string of the molecule is Cc1cc(C)c(OCc2ccccc2)c(-c2csc3nc(C(=O)O)cn23)c1. The van der Waals surface area contributed by atoms with E-state index in [-0.39, 0.29) is 5.69 Å². The van der Waals surface area contributed by atoms with Crippen molar-refractivity contribution in [2.75, 3.05) is 0 Å². The van der Waals surface area contributed by atoms with Gasteiger partial charge in [-0.1, -0.05) is 36.4 Å². The predicted molar refractivity (Wildman–Crippen MR) is 106 cm³/mol. The maximum Gasteiger partial charge on any atom is 0.356 e. The molecule has 0 atom stereocenters. The molecule has 27 heavy (non-hydrogen) atoms. The van der Waals surface area contributed by atoms with E-state index in [1.54, 1.807) is 6.20 Å². The molecule has 0 amide bonds. The molecule has 4 aromatic rings. The summed E-state index contributed by atoms with van der Waals surface area (Å²) in [7, 11) is 0. The van der Waals surface area contributed by atoms with Crippen LogP contribution in [0.4, 0.5) is 0 Å². The lowest BCUT2D eigenvalue weighted by Gasteiger charge is -2.15. The van der Waals surface area contributed by atoms with Crippen LogP contribution >= 0.6 is 11.3 Å².